The quantitative estimate of drug-likeness (QED) is 0.471. The fourth-order valence-corrected chi connectivity index (χ4v) is 2.86. The largest absolute Gasteiger partial charge is 0.404 e. The molecular weight excluding hydrogens is 423 g/mol. The Hall–Kier alpha value is -3.08. The number of nitro groups is 1. The number of aromatic nitrogens is 4. The van der Waals surface area contributed by atoms with E-state index in [0.717, 1.165) is 0 Å². The summed E-state index contributed by atoms with van der Waals surface area (Å²) >= 11 is 3.10. The molecule has 0 fully saturated rings. The lowest BCUT2D eigenvalue weighted by atomic mass is 10.2. The first-order valence-electron chi connectivity index (χ1n) is 7.78. The van der Waals surface area contributed by atoms with Crippen LogP contribution < -0.4 is 5.32 Å². The normalized spacial score (nSPS) is 10.8. The molecule has 3 aromatic rings. The van der Waals surface area contributed by atoms with Gasteiger partial charge in [0.2, 0.25) is 5.91 Å². The van der Waals surface area contributed by atoms with E-state index in [2.05, 4.69) is 31.4 Å². The predicted molar refractivity (Wildman–Crippen MR) is 97.7 cm³/mol. The van der Waals surface area contributed by atoms with Gasteiger partial charge in [-0.2, -0.15) is 9.78 Å². The lowest BCUT2D eigenvalue weighted by Crippen LogP contribution is -2.20. The maximum atomic E-state index is 13.7. The number of amides is 1. The molecule has 27 heavy (non-hydrogen) atoms. The summed E-state index contributed by atoms with van der Waals surface area (Å²) in [5.41, 5.74) is 1.37. The molecule has 0 saturated heterocycles. The van der Waals surface area contributed by atoms with Gasteiger partial charge >= 0.3 is 5.82 Å². The molecule has 0 radical (unpaired) electrons. The molecule has 140 valence electrons. The minimum atomic E-state index is -0.627. The van der Waals surface area contributed by atoms with Crippen molar-refractivity contribution in [3.8, 4) is 0 Å². The number of benzene rings is 1. The van der Waals surface area contributed by atoms with Gasteiger partial charge in [0.25, 0.3) is 0 Å². The van der Waals surface area contributed by atoms with Gasteiger partial charge in [-0.05, 0) is 33.8 Å². The molecule has 0 bridgehead atoms. The smallest absolute Gasteiger partial charge is 0.358 e. The van der Waals surface area contributed by atoms with Crippen LogP contribution in [-0.2, 0) is 17.9 Å². The molecule has 9 nitrogen and oxygen atoms in total. The van der Waals surface area contributed by atoms with Crippen LogP contribution in [0.4, 0.5) is 15.9 Å². The molecule has 1 amide bonds. The van der Waals surface area contributed by atoms with Crippen molar-refractivity contribution in [1.82, 2.24) is 19.6 Å². The standard InChI is InChI=1S/C16H14BrFN6O3/c1-10-15(17)16(24(26)27)21-23(10)9-14(25)20-12-6-19-22(8-12)7-11-4-2-3-5-13(11)18/h2-6,8H,7,9H2,1H3,(H,20,25). The van der Waals surface area contributed by atoms with Crippen molar-refractivity contribution in [3.63, 3.8) is 0 Å². The maximum Gasteiger partial charge on any atom is 0.404 e. The van der Waals surface area contributed by atoms with Gasteiger partial charge in [-0.25, -0.2) is 4.39 Å². The second-order valence-electron chi connectivity index (χ2n) is 5.70. The number of hydrogen-bond acceptors (Lipinski definition) is 5. The Morgan fingerprint density at radius 3 is 2.81 bits per heavy atom. The average molecular weight is 437 g/mol. The Morgan fingerprint density at radius 1 is 1.41 bits per heavy atom. The topological polar surface area (TPSA) is 108 Å². The Bertz CT molecular complexity index is 1020. The third-order valence-corrected chi connectivity index (χ3v) is 4.72. The van der Waals surface area contributed by atoms with Crippen LogP contribution in [0.25, 0.3) is 0 Å². The summed E-state index contributed by atoms with van der Waals surface area (Å²) in [4.78, 5) is 22.5. The Balaban J connectivity index is 1.66. The first kappa shape index (κ1) is 18.7. The zero-order chi connectivity index (χ0) is 19.6. The SMILES string of the molecule is Cc1c(Br)c([N+](=O)[O-])nn1CC(=O)Nc1cnn(Cc2ccccc2F)c1. The van der Waals surface area contributed by atoms with Gasteiger partial charge in [0.1, 0.15) is 16.8 Å². The number of nitrogens with zero attached hydrogens (tertiary/aromatic N) is 5. The van der Waals surface area contributed by atoms with Crippen LogP contribution in [0.15, 0.2) is 41.1 Å². The van der Waals surface area contributed by atoms with Gasteiger partial charge < -0.3 is 15.4 Å². The van der Waals surface area contributed by atoms with Gasteiger partial charge in [0.15, 0.2) is 0 Å². The van der Waals surface area contributed by atoms with Crippen molar-refractivity contribution in [1.29, 1.82) is 0 Å². The van der Waals surface area contributed by atoms with Crippen molar-refractivity contribution in [2.24, 2.45) is 0 Å². The number of rotatable bonds is 6. The molecule has 1 aromatic carbocycles. The Kier molecular flexibility index (Phi) is 5.31. The highest BCUT2D eigenvalue weighted by molar-refractivity contribution is 9.10. The van der Waals surface area contributed by atoms with Crippen molar-refractivity contribution < 1.29 is 14.1 Å². The Labute approximate surface area is 161 Å². The van der Waals surface area contributed by atoms with E-state index in [1.165, 1.54) is 21.6 Å². The summed E-state index contributed by atoms with van der Waals surface area (Å²) < 4.78 is 16.7. The monoisotopic (exact) mass is 436 g/mol. The van der Waals surface area contributed by atoms with Gasteiger partial charge in [-0.1, -0.05) is 18.2 Å². The summed E-state index contributed by atoms with van der Waals surface area (Å²) in [5.74, 6) is -1.11. The number of hydrogen-bond donors (Lipinski definition) is 1. The van der Waals surface area contributed by atoms with E-state index >= 15 is 0 Å². The zero-order valence-electron chi connectivity index (χ0n) is 14.1. The summed E-state index contributed by atoms with van der Waals surface area (Å²) in [6.07, 6.45) is 3.01. The second-order valence-corrected chi connectivity index (χ2v) is 6.50. The van der Waals surface area contributed by atoms with Crippen molar-refractivity contribution >= 4 is 33.3 Å². The number of halogens is 2. The molecule has 2 aromatic heterocycles. The number of carbonyl (C=O) groups is 1. The van der Waals surface area contributed by atoms with E-state index in [4.69, 9.17) is 0 Å². The number of nitrogens with one attached hydrogen (secondary N) is 1. The van der Waals surface area contributed by atoms with Gasteiger partial charge in [-0.15, -0.1) is 0 Å². The summed E-state index contributed by atoms with van der Waals surface area (Å²) in [5, 5.41) is 21.4. The highest BCUT2D eigenvalue weighted by Gasteiger charge is 2.24. The van der Waals surface area contributed by atoms with Gasteiger partial charge in [0, 0.05) is 11.8 Å². The van der Waals surface area contributed by atoms with Crippen LogP contribution in [0.3, 0.4) is 0 Å². The van der Waals surface area contributed by atoms with E-state index in [9.17, 15) is 19.3 Å². The molecule has 0 unspecified atom stereocenters. The molecule has 1 N–H and O–H groups in total. The number of carbonyl (C=O) groups excluding carboxylic acids is 1. The van der Waals surface area contributed by atoms with Crippen LogP contribution in [0.2, 0.25) is 0 Å². The third-order valence-electron chi connectivity index (χ3n) is 3.79. The molecule has 0 spiro atoms. The fourth-order valence-electron chi connectivity index (χ4n) is 2.43. The van der Waals surface area contributed by atoms with E-state index in [-0.39, 0.29) is 29.2 Å². The van der Waals surface area contributed by atoms with Crippen molar-refractivity contribution in [2.75, 3.05) is 5.32 Å². The van der Waals surface area contributed by atoms with E-state index in [1.54, 1.807) is 31.3 Å². The van der Waals surface area contributed by atoms with Crippen molar-refractivity contribution in [3.05, 3.63) is 68.3 Å². The first-order chi connectivity index (χ1) is 12.8. The molecule has 11 heteroatoms. The molecule has 3 rings (SSSR count). The highest BCUT2D eigenvalue weighted by Crippen LogP contribution is 2.26. The summed E-state index contributed by atoms with van der Waals surface area (Å²) in [6, 6.07) is 6.35. The average Bonchev–Trinajstić information content (AvgIpc) is 3.16. The van der Waals surface area contributed by atoms with E-state index in [0.29, 0.717) is 16.9 Å². The number of anilines is 1. The molecule has 0 aliphatic rings. The van der Waals surface area contributed by atoms with Crippen LogP contribution in [0, 0.1) is 22.9 Å². The van der Waals surface area contributed by atoms with Crippen molar-refractivity contribution in [2.45, 2.75) is 20.0 Å². The molecule has 2 heterocycles. The maximum absolute atomic E-state index is 13.7. The first-order valence-corrected chi connectivity index (χ1v) is 8.57. The predicted octanol–water partition coefficient (Wildman–Crippen LogP) is 2.88. The minimum absolute atomic E-state index is 0.198. The summed E-state index contributed by atoms with van der Waals surface area (Å²) in [7, 11) is 0. The molecule has 0 atom stereocenters. The van der Waals surface area contributed by atoms with Crippen LogP contribution >= 0.6 is 15.9 Å². The molecule has 0 aliphatic carbocycles. The van der Waals surface area contributed by atoms with E-state index in [1.807, 2.05) is 0 Å². The zero-order valence-corrected chi connectivity index (χ0v) is 15.7. The lowest BCUT2D eigenvalue weighted by Gasteiger charge is -2.03. The fraction of sp³-hybridized carbons (Fsp3) is 0.188. The van der Waals surface area contributed by atoms with E-state index < -0.39 is 10.8 Å². The molecular formula is C16H14BrFN6O3. The Morgan fingerprint density at radius 2 is 2.15 bits per heavy atom. The van der Waals surface area contributed by atoms with Crippen LogP contribution in [-0.4, -0.2) is 30.4 Å². The second kappa shape index (κ2) is 7.66. The lowest BCUT2D eigenvalue weighted by molar-refractivity contribution is -0.390. The van der Waals surface area contributed by atoms with Gasteiger partial charge in [0.05, 0.1) is 29.2 Å². The van der Waals surface area contributed by atoms with Gasteiger partial charge in [-0.3, -0.25) is 9.48 Å². The van der Waals surface area contributed by atoms with Crippen LogP contribution in [0.5, 0.6) is 0 Å². The molecule has 0 aliphatic heterocycles. The third kappa shape index (κ3) is 4.19. The molecule has 0 saturated carbocycles. The highest BCUT2D eigenvalue weighted by atomic mass is 79.9. The van der Waals surface area contributed by atoms with Crippen LogP contribution in [0.1, 0.15) is 11.3 Å². The summed E-state index contributed by atoms with van der Waals surface area (Å²) in [6.45, 7) is 1.64. The minimum Gasteiger partial charge on any atom is -0.358 e.